The number of hydrogen-bond acceptors (Lipinski definition) is 3. The lowest BCUT2D eigenvalue weighted by Gasteiger charge is -2.39. The van der Waals surface area contributed by atoms with Crippen molar-refractivity contribution < 1.29 is 4.79 Å². The summed E-state index contributed by atoms with van der Waals surface area (Å²) >= 11 is 1.75. The first kappa shape index (κ1) is 10.9. The maximum absolute atomic E-state index is 11.7. The van der Waals surface area contributed by atoms with Gasteiger partial charge < -0.3 is 10.6 Å². The maximum atomic E-state index is 11.7. The van der Waals surface area contributed by atoms with Gasteiger partial charge in [0.25, 0.3) is 0 Å². The third-order valence-corrected chi connectivity index (χ3v) is 3.24. The van der Waals surface area contributed by atoms with E-state index in [1.165, 1.54) is 0 Å². The molecule has 1 aliphatic rings. The summed E-state index contributed by atoms with van der Waals surface area (Å²) in [6.07, 6.45) is 4.85. The summed E-state index contributed by atoms with van der Waals surface area (Å²) in [5.74, 6) is 1.10. The van der Waals surface area contributed by atoms with Crippen molar-refractivity contribution in [1.82, 2.24) is 4.90 Å². The normalized spacial score (nSPS) is 19.3. The first-order chi connectivity index (χ1) is 6.10. The van der Waals surface area contributed by atoms with Crippen molar-refractivity contribution in [1.29, 1.82) is 0 Å². The summed E-state index contributed by atoms with van der Waals surface area (Å²) in [6, 6.07) is 0. The minimum Gasteiger partial charge on any atom is -0.343 e. The summed E-state index contributed by atoms with van der Waals surface area (Å²) < 4.78 is 0. The number of nitrogens with zero attached hydrogens (tertiary/aromatic N) is 1. The van der Waals surface area contributed by atoms with Crippen LogP contribution < -0.4 is 5.73 Å². The van der Waals surface area contributed by atoms with Crippen LogP contribution >= 0.6 is 11.8 Å². The Morgan fingerprint density at radius 2 is 2.23 bits per heavy atom. The van der Waals surface area contributed by atoms with Crippen molar-refractivity contribution in [2.75, 3.05) is 25.6 Å². The number of carbonyl (C=O) groups is 1. The first-order valence-corrected chi connectivity index (χ1v) is 6.03. The fourth-order valence-corrected chi connectivity index (χ4v) is 1.94. The van der Waals surface area contributed by atoms with Gasteiger partial charge in [0.15, 0.2) is 0 Å². The molecule has 1 aliphatic carbocycles. The zero-order valence-electron chi connectivity index (χ0n) is 8.38. The molecule has 0 atom stereocenters. The highest BCUT2D eigenvalue weighted by Crippen LogP contribution is 2.30. The highest BCUT2D eigenvalue weighted by molar-refractivity contribution is 7.98. The van der Waals surface area contributed by atoms with E-state index in [2.05, 4.69) is 0 Å². The minimum atomic E-state index is -0.521. The van der Waals surface area contributed by atoms with E-state index in [1.807, 2.05) is 13.3 Å². The molecule has 1 saturated carbocycles. The SMILES string of the molecule is CSCCN(C)C(=O)C1(N)CCC1. The smallest absolute Gasteiger partial charge is 0.242 e. The Bertz CT molecular complexity index is 192. The number of rotatable bonds is 4. The van der Waals surface area contributed by atoms with Crippen molar-refractivity contribution in [3.8, 4) is 0 Å². The molecule has 0 aromatic heterocycles. The van der Waals surface area contributed by atoms with Gasteiger partial charge in [-0.3, -0.25) is 4.79 Å². The van der Waals surface area contributed by atoms with Crippen LogP contribution in [0.25, 0.3) is 0 Å². The average Bonchev–Trinajstić information content (AvgIpc) is 2.09. The zero-order chi connectivity index (χ0) is 9.90. The van der Waals surface area contributed by atoms with Crippen LogP contribution in [0.2, 0.25) is 0 Å². The highest BCUT2D eigenvalue weighted by atomic mass is 32.2. The van der Waals surface area contributed by atoms with E-state index in [4.69, 9.17) is 5.73 Å². The Hall–Kier alpha value is -0.220. The van der Waals surface area contributed by atoms with Crippen LogP contribution in [-0.4, -0.2) is 41.9 Å². The molecular formula is C9H18N2OS. The van der Waals surface area contributed by atoms with Crippen molar-refractivity contribution in [3.05, 3.63) is 0 Å². The molecule has 1 rings (SSSR count). The Morgan fingerprint density at radius 1 is 1.62 bits per heavy atom. The molecule has 13 heavy (non-hydrogen) atoms. The summed E-state index contributed by atoms with van der Waals surface area (Å²) in [5, 5.41) is 0. The molecule has 0 aromatic rings. The van der Waals surface area contributed by atoms with E-state index in [0.29, 0.717) is 0 Å². The Morgan fingerprint density at radius 3 is 2.62 bits per heavy atom. The van der Waals surface area contributed by atoms with Crippen LogP contribution in [-0.2, 0) is 4.79 Å². The van der Waals surface area contributed by atoms with Gasteiger partial charge in [-0.2, -0.15) is 11.8 Å². The predicted octanol–water partition coefficient (Wildman–Crippen LogP) is 0.689. The third-order valence-electron chi connectivity index (χ3n) is 2.65. The van der Waals surface area contributed by atoms with E-state index in [9.17, 15) is 4.79 Å². The number of amides is 1. The van der Waals surface area contributed by atoms with Crippen LogP contribution in [0.1, 0.15) is 19.3 Å². The second-order valence-electron chi connectivity index (χ2n) is 3.73. The number of hydrogen-bond donors (Lipinski definition) is 1. The molecule has 0 bridgehead atoms. The molecular weight excluding hydrogens is 184 g/mol. The lowest BCUT2D eigenvalue weighted by Crippen LogP contribution is -2.59. The fourth-order valence-electron chi connectivity index (χ4n) is 1.48. The number of likely N-dealkylation sites (N-methyl/N-ethyl adjacent to an activating group) is 1. The topological polar surface area (TPSA) is 46.3 Å². The average molecular weight is 202 g/mol. The van der Waals surface area contributed by atoms with E-state index in [0.717, 1.165) is 31.6 Å². The summed E-state index contributed by atoms with van der Waals surface area (Å²) in [6.45, 7) is 0.805. The van der Waals surface area contributed by atoms with Crippen LogP contribution in [0.3, 0.4) is 0 Å². The van der Waals surface area contributed by atoms with E-state index in [1.54, 1.807) is 16.7 Å². The quantitative estimate of drug-likeness (QED) is 0.729. The van der Waals surface area contributed by atoms with Crippen LogP contribution in [0.5, 0.6) is 0 Å². The molecule has 0 radical (unpaired) electrons. The molecule has 4 heteroatoms. The molecule has 1 amide bonds. The summed E-state index contributed by atoms with van der Waals surface area (Å²) in [4.78, 5) is 13.5. The second-order valence-corrected chi connectivity index (χ2v) is 4.71. The Labute approximate surface area is 84.0 Å². The van der Waals surface area contributed by atoms with Gasteiger partial charge in [0.2, 0.25) is 5.91 Å². The van der Waals surface area contributed by atoms with Gasteiger partial charge in [0, 0.05) is 19.3 Å². The molecule has 0 unspecified atom stereocenters. The molecule has 0 aromatic carbocycles. The number of nitrogens with two attached hydrogens (primary N) is 1. The molecule has 1 fully saturated rings. The molecule has 0 saturated heterocycles. The third kappa shape index (κ3) is 2.38. The molecule has 2 N–H and O–H groups in total. The van der Waals surface area contributed by atoms with Gasteiger partial charge in [0.1, 0.15) is 0 Å². The Balaban J connectivity index is 2.37. The summed E-state index contributed by atoms with van der Waals surface area (Å²) in [5.41, 5.74) is 5.40. The van der Waals surface area contributed by atoms with Gasteiger partial charge in [-0.25, -0.2) is 0 Å². The molecule has 3 nitrogen and oxygen atoms in total. The fraction of sp³-hybridized carbons (Fsp3) is 0.889. The highest BCUT2D eigenvalue weighted by Gasteiger charge is 2.41. The summed E-state index contributed by atoms with van der Waals surface area (Å²) in [7, 11) is 1.84. The van der Waals surface area contributed by atoms with Crippen molar-refractivity contribution >= 4 is 17.7 Å². The first-order valence-electron chi connectivity index (χ1n) is 4.63. The van der Waals surface area contributed by atoms with Crippen LogP contribution in [0.4, 0.5) is 0 Å². The van der Waals surface area contributed by atoms with E-state index in [-0.39, 0.29) is 5.91 Å². The minimum absolute atomic E-state index is 0.118. The van der Waals surface area contributed by atoms with E-state index < -0.39 is 5.54 Å². The lowest BCUT2D eigenvalue weighted by molar-refractivity contribution is -0.138. The standard InChI is InChI=1S/C9H18N2OS/c1-11(6-7-13-2)8(12)9(10)4-3-5-9/h3-7,10H2,1-2H3. The Kier molecular flexibility index (Phi) is 3.62. The molecule has 0 spiro atoms. The van der Waals surface area contributed by atoms with E-state index >= 15 is 0 Å². The predicted molar refractivity (Wildman–Crippen MR) is 56.8 cm³/mol. The van der Waals surface area contributed by atoms with Gasteiger partial charge >= 0.3 is 0 Å². The second kappa shape index (κ2) is 4.33. The monoisotopic (exact) mass is 202 g/mol. The van der Waals surface area contributed by atoms with Crippen LogP contribution in [0.15, 0.2) is 0 Å². The van der Waals surface area contributed by atoms with Gasteiger partial charge in [0.05, 0.1) is 5.54 Å². The molecule has 0 aliphatic heterocycles. The van der Waals surface area contributed by atoms with Crippen molar-refractivity contribution in [2.45, 2.75) is 24.8 Å². The van der Waals surface area contributed by atoms with Crippen molar-refractivity contribution in [2.24, 2.45) is 5.73 Å². The van der Waals surface area contributed by atoms with Gasteiger partial charge in [-0.05, 0) is 25.5 Å². The lowest BCUT2D eigenvalue weighted by atomic mass is 9.77. The number of thioether (sulfide) groups is 1. The zero-order valence-corrected chi connectivity index (χ0v) is 9.19. The van der Waals surface area contributed by atoms with Gasteiger partial charge in [-0.1, -0.05) is 0 Å². The van der Waals surface area contributed by atoms with Crippen molar-refractivity contribution in [3.63, 3.8) is 0 Å². The van der Waals surface area contributed by atoms with Gasteiger partial charge in [-0.15, -0.1) is 0 Å². The van der Waals surface area contributed by atoms with Crippen LogP contribution in [0, 0.1) is 0 Å². The maximum Gasteiger partial charge on any atom is 0.242 e. The molecule has 0 heterocycles. The molecule has 76 valence electrons. The number of carbonyl (C=O) groups excluding carboxylic acids is 1. The largest absolute Gasteiger partial charge is 0.343 e.